The number of carboxylic acid groups (broad SMARTS) is 1. The van der Waals surface area contributed by atoms with Crippen molar-refractivity contribution in [3.63, 3.8) is 0 Å². The standard InChI is InChI=1S/C16H22N2O3/c1-11-4-3-5-14(12(11)2)17-15(19)10-18-8-6-13(7-9-18)16(20)21/h3-5,13H,6-10H2,1-2H3,(H,17,19)(H,20,21). The lowest BCUT2D eigenvalue weighted by Crippen LogP contribution is -3.14. The Balaban J connectivity index is 1.86. The zero-order valence-electron chi connectivity index (χ0n) is 12.6. The predicted octanol–water partition coefficient (Wildman–Crippen LogP) is -0.713. The van der Waals surface area contributed by atoms with E-state index in [0.29, 0.717) is 32.5 Å². The zero-order chi connectivity index (χ0) is 15.4. The summed E-state index contributed by atoms with van der Waals surface area (Å²) in [5, 5.41) is 13.7. The first-order chi connectivity index (χ1) is 9.97. The van der Waals surface area contributed by atoms with Crippen molar-refractivity contribution in [2.45, 2.75) is 26.7 Å². The third kappa shape index (κ3) is 4.04. The van der Waals surface area contributed by atoms with E-state index in [9.17, 15) is 14.7 Å². The van der Waals surface area contributed by atoms with Gasteiger partial charge in [0, 0.05) is 30.4 Å². The van der Waals surface area contributed by atoms with Gasteiger partial charge >= 0.3 is 0 Å². The van der Waals surface area contributed by atoms with Crippen molar-refractivity contribution in [3.05, 3.63) is 29.3 Å². The molecule has 0 unspecified atom stereocenters. The van der Waals surface area contributed by atoms with Crippen LogP contribution in [0.3, 0.4) is 0 Å². The Morgan fingerprint density at radius 3 is 2.57 bits per heavy atom. The third-order valence-corrected chi connectivity index (χ3v) is 4.32. The van der Waals surface area contributed by atoms with Gasteiger partial charge in [-0.05, 0) is 31.0 Å². The zero-order valence-corrected chi connectivity index (χ0v) is 12.6. The maximum atomic E-state index is 12.1. The van der Waals surface area contributed by atoms with Crippen LogP contribution in [-0.4, -0.2) is 31.5 Å². The molecule has 5 nitrogen and oxygen atoms in total. The second-order valence-corrected chi connectivity index (χ2v) is 5.82. The Morgan fingerprint density at radius 1 is 1.29 bits per heavy atom. The number of hydrogen-bond acceptors (Lipinski definition) is 3. The molecule has 21 heavy (non-hydrogen) atoms. The summed E-state index contributed by atoms with van der Waals surface area (Å²) in [7, 11) is 0. The summed E-state index contributed by atoms with van der Waals surface area (Å²) < 4.78 is 0. The highest BCUT2D eigenvalue weighted by Gasteiger charge is 2.24. The van der Waals surface area contributed by atoms with E-state index in [1.54, 1.807) is 0 Å². The van der Waals surface area contributed by atoms with Gasteiger partial charge in [-0.1, -0.05) is 12.1 Å². The van der Waals surface area contributed by atoms with Gasteiger partial charge in [-0.15, -0.1) is 0 Å². The number of hydrogen-bond donors (Lipinski definition) is 2. The summed E-state index contributed by atoms with van der Waals surface area (Å²) in [5.74, 6) is -1.34. The predicted molar refractivity (Wildman–Crippen MR) is 77.8 cm³/mol. The van der Waals surface area contributed by atoms with Crippen LogP contribution in [0.1, 0.15) is 24.0 Å². The number of piperidine rings is 1. The number of likely N-dealkylation sites (tertiary alicyclic amines) is 1. The van der Waals surface area contributed by atoms with Crippen molar-refractivity contribution in [3.8, 4) is 0 Å². The number of carboxylic acids is 1. The number of carbonyl (C=O) groups excluding carboxylic acids is 2. The van der Waals surface area contributed by atoms with Crippen LogP contribution >= 0.6 is 0 Å². The van der Waals surface area contributed by atoms with Crippen molar-refractivity contribution < 1.29 is 19.6 Å². The number of nitrogens with one attached hydrogen (secondary N) is 2. The molecular formula is C16H22N2O3. The lowest BCUT2D eigenvalue weighted by Gasteiger charge is -2.29. The van der Waals surface area contributed by atoms with Gasteiger partial charge in [0.05, 0.1) is 13.1 Å². The second-order valence-electron chi connectivity index (χ2n) is 5.82. The van der Waals surface area contributed by atoms with Crippen LogP contribution in [0.15, 0.2) is 18.2 Å². The number of rotatable bonds is 4. The summed E-state index contributed by atoms with van der Waals surface area (Å²) in [6.07, 6.45) is 1.18. The van der Waals surface area contributed by atoms with Gasteiger partial charge in [-0.3, -0.25) is 4.79 Å². The maximum absolute atomic E-state index is 12.1. The molecule has 1 amide bonds. The van der Waals surface area contributed by atoms with Crippen molar-refractivity contribution in [1.29, 1.82) is 0 Å². The van der Waals surface area contributed by atoms with Gasteiger partial charge in [-0.25, -0.2) is 0 Å². The third-order valence-electron chi connectivity index (χ3n) is 4.32. The largest absolute Gasteiger partial charge is 0.550 e. The molecule has 1 saturated heterocycles. The molecule has 1 aromatic rings. The van der Waals surface area contributed by atoms with Crippen LogP contribution < -0.4 is 15.3 Å². The van der Waals surface area contributed by atoms with Gasteiger partial charge in [0.15, 0.2) is 6.54 Å². The first-order valence-corrected chi connectivity index (χ1v) is 7.38. The molecule has 1 aliphatic rings. The van der Waals surface area contributed by atoms with Gasteiger partial charge in [0.25, 0.3) is 5.91 Å². The number of quaternary nitrogens is 1. The lowest BCUT2D eigenvalue weighted by molar-refractivity contribution is -0.897. The highest BCUT2D eigenvalue weighted by Crippen LogP contribution is 2.17. The summed E-state index contributed by atoms with van der Waals surface area (Å²) in [5.41, 5.74) is 3.08. The van der Waals surface area contributed by atoms with Crippen LogP contribution in [0.4, 0.5) is 5.69 Å². The molecule has 1 aromatic carbocycles. The van der Waals surface area contributed by atoms with E-state index in [1.165, 1.54) is 0 Å². The van der Waals surface area contributed by atoms with Crippen LogP contribution in [0.5, 0.6) is 0 Å². The van der Waals surface area contributed by atoms with Gasteiger partial charge in [-0.2, -0.15) is 0 Å². The number of anilines is 1. The van der Waals surface area contributed by atoms with E-state index in [4.69, 9.17) is 0 Å². The minimum Gasteiger partial charge on any atom is -0.550 e. The molecule has 0 saturated carbocycles. The molecule has 0 bridgehead atoms. The maximum Gasteiger partial charge on any atom is 0.279 e. The Bertz CT molecular complexity index is 534. The minimum atomic E-state index is -0.964. The molecule has 0 radical (unpaired) electrons. The Hall–Kier alpha value is -1.88. The van der Waals surface area contributed by atoms with Gasteiger partial charge in [0.2, 0.25) is 0 Å². The van der Waals surface area contributed by atoms with E-state index in [0.717, 1.165) is 21.7 Å². The molecule has 5 heteroatoms. The highest BCUT2D eigenvalue weighted by molar-refractivity contribution is 5.92. The summed E-state index contributed by atoms with van der Waals surface area (Å²) in [6.45, 7) is 5.80. The van der Waals surface area contributed by atoms with E-state index >= 15 is 0 Å². The van der Waals surface area contributed by atoms with Crippen LogP contribution in [-0.2, 0) is 9.59 Å². The molecule has 1 heterocycles. The van der Waals surface area contributed by atoms with Gasteiger partial charge < -0.3 is 20.1 Å². The first-order valence-electron chi connectivity index (χ1n) is 7.38. The fourth-order valence-electron chi connectivity index (χ4n) is 2.75. The molecule has 0 aromatic heterocycles. The number of benzene rings is 1. The molecule has 2 rings (SSSR count). The summed E-state index contributed by atoms with van der Waals surface area (Å²) in [4.78, 5) is 24.0. The van der Waals surface area contributed by atoms with E-state index < -0.39 is 5.97 Å². The molecule has 0 aliphatic carbocycles. The normalized spacial score (nSPS) is 21.8. The Morgan fingerprint density at radius 2 is 1.95 bits per heavy atom. The van der Waals surface area contributed by atoms with Crippen molar-refractivity contribution in [2.24, 2.45) is 5.92 Å². The first kappa shape index (κ1) is 15.5. The second kappa shape index (κ2) is 6.72. The number of aryl methyl sites for hydroxylation is 1. The average molecular weight is 290 g/mol. The molecule has 0 atom stereocenters. The number of amides is 1. The molecule has 114 valence electrons. The van der Waals surface area contributed by atoms with Crippen LogP contribution in [0, 0.1) is 19.8 Å². The molecule has 1 fully saturated rings. The lowest BCUT2D eigenvalue weighted by atomic mass is 9.97. The Kier molecular flexibility index (Phi) is 4.96. The quantitative estimate of drug-likeness (QED) is 0.769. The Labute approximate surface area is 125 Å². The van der Waals surface area contributed by atoms with E-state index in [1.807, 2.05) is 32.0 Å². The summed E-state index contributed by atoms with van der Waals surface area (Å²) >= 11 is 0. The monoisotopic (exact) mass is 290 g/mol. The molecular weight excluding hydrogens is 268 g/mol. The molecule has 1 aliphatic heterocycles. The fourth-order valence-corrected chi connectivity index (χ4v) is 2.75. The molecule has 0 spiro atoms. The van der Waals surface area contributed by atoms with Gasteiger partial charge in [0.1, 0.15) is 0 Å². The fraction of sp³-hybridized carbons (Fsp3) is 0.500. The average Bonchev–Trinajstić information content (AvgIpc) is 2.44. The smallest absolute Gasteiger partial charge is 0.279 e. The highest BCUT2D eigenvalue weighted by atomic mass is 16.4. The number of aliphatic carboxylic acids is 1. The van der Waals surface area contributed by atoms with E-state index in [2.05, 4.69) is 5.32 Å². The minimum absolute atomic E-state index is 0.0226. The van der Waals surface area contributed by atoms with Crippen LogP contribution in [0.2, 0.25) is 0 Å². The summed E-state index contributed by atoms with van der Waals surface area (Å²) in [6, 6.07) is 5.84. The van der Waals surface area contributed by atoms with Crippen molar-refractivity contribution in [2.75, 3.05) is 25.0 Å². The van der Waals surface area contributed by atoms with Crippen molar-refractivity contribution >= 4 is 17.6 Å². The van der Waals surface area contributed by atoms with Crippen molar-refractivity contribution in [1.82, 2.24) is 0 Å². The topological polar surface area (TPSA) is 73.7 Å². The molecule has 2 N–H and O–H groups in total. The van der Waals surface area contributed by atoms with E-state index in [-0.39, 0.29) is 11.8 Å². The van der Waals surface area contributed by atoms with Crippen LogP contribution in [0.25, 0.3) is 0 Å². The number of carbonyl (C=O) groups is 2. The SMILES string of the molecule is Cc1cccc(NC(=O)C[NH+]2CCC(C(=O)[O-])CC2)c1C.